The number of benzene rings is 1. The first-order chi connectivity index (χ1) is 11.8. The fourth-order valence-corrected chi connectivity index (χ4v) is 3.19. The Kier molecular flexibility index (Phi) is 4.56. The summed E-state index contributed by atoms with van der Waals surface area (Å²) in [6, 6.07) is 9.69. The van der Waals surface area contributed by atoms with Crippen molar-refractivity contribution in [2.75, 3.05) is 0 Å². The van der Waals surface area contributed by atoms with Crippen LogP contribution in [0.5, 0.6) is 0 Å². The number of carbonyl (C=O) groups excluding carboxylic acids is 1. The van der Waals surface area contributed by atoms with Gasteiger partial charge in [-0.1, -0.05) is 18.1 Å². The van der Waals surface area contributed by atoms with E-state index in [1.807, 2.05) is 51.1 Å². The third-order valence-electron chi connectivity index (χ3n) is 3.59. The second kappa shape index (κ2) is 6.52. The largest absolute Gasteiger partial charge is 0.443 e. The van der Waals surface area contributed by atoms with Crippen molar-refractivity contribution >= 4 is 39.6 Å². The minimum Gasteiger partial charge on any atom is -0.443 e. The van der Waals surface area contributed by atoms with Gasteiger partial charge in [0.25, 0.3) is 0 Å². The molecule has 25 heavy (non-hydrogen) atoms. The molecule has 2 heterocycles. The van der Waals surface area contributed by atoms with Crippen molar-refractivity contribution in [3.63, 3.8) is 0 Å². The highest BCUT2D eigenvalue weighted by molar-refractivity contribution is 14.1. The highest BCUT2D eigenvalue weighted by Gasteiger charge is 2.20. The summed E-state index contributed by atoms with van der Waals surface area (Å²) in [6.45, 7) is 5.56. The van der Waals surface area contributed by atoms with E-state index in [2.05, 4.69) is 33.5 Å². The number of hydrogen-bond donors (Lipinski definition) is 0. The van der Waals surface area contributed by atoms with Gasteiger partial charge in [0.05, 0.1) is 5.52 Å². The molecule has 0 aliphatic rings. The lowest BCUT2D eigenvalue weighted by molar-refractivity contribution is 0.0544. The Bertz CT molecular complexity index is 989. The number of carbonyl (C=O) groups is 1. The lowest BCUT2D eigenvalue weighted by Crippen LogP contribution is -2.26. The van der Waals surface area contributed by atoms with Crippen LogP contribution in [-0.4, -0.2) is 21.2 Å². The van der Waals surface area contributed by atoms with Gasteiger partial charge in [0.2, 0.25) is 0 Å². The van der Waals surface area contributed by atoms with Crippen LogP contribution in [0.25, 0.3) is 22.0 Å². The fourth-order valence-electron chi connectivity index (χ4n) is 2.48. The molecule has 0 unspecified atom stereocenters. The predicted molar refractivity (Wildman–Crippen MR) is 107 cm³/mol. The maximum atomic E-state index is 12.4. The molecule has 0 radical (unpaired) electrons. The van der Waals surface area contributed by atoms with E-state index >= 15 is 0 Å². The van der Waals surface area contributed by atoms with Gasteiger partial charge in [-0.05, 0) is 67.1 Å². The van der Waals surface area contributed by atoms with Crippen LogP contribution in [0.4, 0.5) is 4.79 Å². The van der Waals surface area contributed by atoms with Gasteiger partial charge < -0.3 is 4.74 Å². The highest BCUT2D eigenvalue weighted by Crippen LogP contribution is 2.29. The van der Waals surface area contributed by atoms with Crippen molar-refractivity contribution in [2.24, 2.45) is 0 Å². The van der Waals surface area contributed by atoms with Crippen LogP contribution in [0.3, 0.4) is 0 Å². The molecule has 0 spiro atoms. The molecule has 4 nitrogen and oxygen atoms in total. The standard InChI is InChI=1S/C20H17IN2O2/c1-5-15-8-6-14(11-22-15)13-7-9-18-16(10-13)17(21)12-23(18)19(24)25-20(2,3)4/h1,6-12H,2-4H3. The summed E-state index contributed by atoms with van der Waals surface area (Å²) < 4.78 is 8.01. The van der Waals surface area contributed by atoms with E-state index in [1.165, 1.54) is 0 Å². The molecule has 0 saturated carbocycles. The van der Waals surface area contributed by atoms with Crippen LogP contribution in [0.15, 0.2) is 42.7 Å². The molecule has 0 saturated heterocycles. The number of aromatic nitrogens is 2. The molecular formula is C20H17IN2O2. The number of rotatable bonds is 1. The number of pyridine rings is 1. The van der Waals surface area contributed by atoms with Gasteiger partial charge in [0.1, 0.15) is 11.3 Å². The van der Waals surface area contributed by atoms with E-state index in [9.17, 15) is 4.79 Å². The highest BCUT2D eigenvalue weighted by atomic mass is 127. The van der Waals surface area contributed by atoms with Gasteiger partial charge in [-0.15, -0.1) is 6.42 Å². The molecule has 1 aromatic carbocycles. The second-order valence-corrected chi connectivity index (χ2v) is 7.80. The van der Waals surface area contributed by atoms with Gasteiger partial charge in [0, 0.05) is 26.9 Å². The number of hydrogen-bond acceptors (Lipinski definition) is 3. The molecule has 0 atom stereocenters. The zero-order valence-corrected chi connectivity index (χ0v) is 16.4. The van der Waals surface area contributed by atoms with Crippen LogP contribution < -0.4 is 0 Å². The SMILES string of the molecule is C#Cc1ccc(-c2ccc3c(c2)c(I)cn3C(=O)OC(C)(C)C)cn1. The molecule has 0 aliphatic heterocycles. The molecule has 3 rings (SSSR count). The van der Waals surface area contributed by atoms with Crippen LogP contribution in [-0.2, 0) is 4.74 Å². The van der Waals surface area contributed by atoms with Crippen LogP contribution in [0, 0.1) is 15.9 Å². The summed E-state index contributed by atoms with van der Waals surface area (Å²) in [4.78, 5) is 16.7. The quantitative estimate of drug-likeness (QED) is 0.389. The van der Waals surface area contributed by atoms with Gasteiger partial charge >= 0.3 is 6.09 Å². The van der Waals surface area contributed by atoms with Crippen molar-refractivity contribution in [2.45, 2.75) is 26.4 Å². The molecule has 126 valence electrons. The molecule has 3 aromatic rings. The first-order valence-corrected chi connectivity index (χ1v) is 8.83. The summed E-state index contributed by atoms with van der Waals surface area (Å²) in [5.74, 6) is 2.51. The number of nitrogens with zero attached hydrogens (tertiary/aromatic N) is 2. The van der Waals surface area contributed by atoms with Crippen molar-refractivity contribution in [1.29, 1.82) is 0 Å². The van der Waals surface area contributed by atoms with E-state index in [4.69, 9.17) is 11.2 Å². The average Bonchev–Trinajstić information content (AvgIpc) is 2.90. The Morgan fingerprint density at radius 2 is 1.96 bits per heavy atom. The Morgan fingerprint density at radius 1 is 1.24 bits per heavy atom. The molecule has 0 bridgehead atoms. The van der Waals surface area contributed by atoms with Gasteiger partial charge in [-0.25, -0.2) is 9.78 Å². The van der Waals surface area contributed by atoms with E-state index in [0.717, 1.165) is 25.6 Å². The Morgan fingerprint density at radius 3 is 2.56 bits per heavy atom. The monoisotopic (exact) mass is 444 g/mol. The maximum Gasteiger partial charge on any atom is 0.419 e. The zero-order chi connectivity index (χ0) is 18.2. The van der Waals surface area contributed by atoms with Gasteiger partial charge in [-0.3, -0.25) is 4.57 Å². The average molecular weight is 444 g/mol. The van der Waals surface area contributed by atoms with Crippen molar-refractivity contribution < 1.29 is 9.53 Å². The van der Waals surface area contributed by atoms with E-state index in [1.54, 1.807) is 17.0 Å². The number of halogens is 1. The zero-order valence-electron chi connectivity index (χ0n) is 14.2. The molecular weight excluding hydrogens is 427 g/mol. The van der Waals surface area contributed by atoms with Crippen molar-refractivity contribution in [3.05, 3.63) is 52.0 Å². The molecule has 0 amide bonds. The summed E-state index contributed by atoms with van der Waals surface area (Å²) in [7, 11) is 0. The number of ether oxygens (including phenoxy) is 1. The Labute approximate surface area is 160 Å². The van der Waals surface area contributed by atoms with E-state index in [0.29, 0.717) is 5.69 Å². The lowest BCUT2D eigenvalue weighted by Gasteiger charge is -2.19. The first kappa shape index (κ1) is 17.5. The third-order valence-corrected chi connectivity index (χ3v) is 4.45. The first-order valence-electron chi connectivity index (χ1n) is 7.75. The normalized spacial score (nSPS) is 11.3. The second-order valence-electron chi connectivity index (χ2n) is 6.64. The van der Waals surface area contributed by atoms with Crippen LogP contribution in [0.2, 0.25) is 0 Å². The minimum atomic E-state index is -0.538. The third kappa shape index (κ3) is 3.69. The minimum absolute atomic E-state index is 0.381. The van der Waals surface area contributed by atoms with Crippen LogP contribution >= 0.6 is 22.6 Å². The number of fused-ring (bicyclic) bond motifs is 1. The van der Waals surface area contributed by atoms with Gasteiger partial charge in [0.15, 0.2) is 0 Å². The Balaban J connectivity index is 2.03. The smallest absolute Gasteiger partial charge is 0.419 e. The van der Waals surface area contributed by atoms with Crippen molar-refractivity contribution in [3.8, 4) is 23.5 Å². The van der Waals surface area contributed by atoms with Crippen molar-refractivity contribution in [1.82, 2.24) is 9.55 Å². The topological polar surface area (TPSA) is 44.1 Å². The molecule has 5 heteroatoms. The summed E-state index contributed by atoms with van der Waals surface area (Å²) in [5.41, 5.74) is 2.87. The number of terminal acetylenes is 1. The summed E-state index contributed by atoms with van der Waals surface area (Å²) in [6.07, 6.45) is 8.52. The molecule has 0 N–H and O–H groups in total. The summed E-state index contributed by atoms with van der Waals surface area (Å²) in [5, 5.41) is 0.991. The van der Waals surface area contributed by atoms with E-state index < -0.39 is 5.60 Å². The molecule has 0 fully saturated rings. The van der Waals surface area contributed by atoms with Gasteiger partial charge in [-0.2, -0.15) is 0 Å². The maximum absolute atomic E-state index is 12.4. The summed E-state index contributed by atoms with van der Waals surface area (Å²) >= 11 is 2.23. The van der Waals surface area contributed by atoms with Crippen LogP contribution in [0.1, 0.15) is 26.5 Å². The molecule has 2 aromatic heterocycles. The fraction of sp³-hybridized carbons (Fsp3) is 0.200. The van der Waals surface area contributed by atoms with E-state index in [-0.39, 0.29) is 6.09 Å². The Hall–Kier alpha value is -2.33. The lowest BCUT2D eigenvalue weighted by atomic mass is 10.1. The predicted octanol–water partition coefficient (Wildman–Crippen LogP) is 5.07. The molecule has 0 aliphatic carbocycles.